The molecule has 2 N–H and O–H groups in total. The van der Waals surface area contributed by atoms with Crippen molar-refractivity contribution < 1.29 is 4.79 Å². The van der Waals surface area contributed by atoms with Gasteiger partial charge in [-0.25, -0.2) is 0 Å². The van der Waals surface area contributed by atoms with Crippen LogP contribution < -0.4 is 5.73 Å². The quantitative estimate of drug-likeness (QED) is 0.523. The molecule has 0 saturated heterocycles. The number of hydrogen-bond donors (Lipinski definition) is 1. The van der Waals surface area contributed by atoms with Gasteiger partial charge < -0.3 is 5.73 Å². The number of rotatable bonds is 4. The second kappa shape index (κ2) is 7.49. The van der Waals surface area contributed by atoms with Gasteiger partial charge in [-0.1, -0.05) is 23.7 Å². The number of nitrogens with two attached hydrogens (primary N) is 1. The Kier molecular flexibility index (Phi) is 7.13. The van der Waals surface area contributed by atoms with Crippen molar-refractivity contribution in [2.24, 2.45) is 10.7 Å². The first-order valence-electron chi connectivity index (χ1n) is 4.29. The molecule has 0 spiro atoms. The fourth-order valence-electron chi connectivity index (χ4n) is 1.03. The second-order valence-electron chi connectivity index (χ2n) is 2.97. The Morgan fingerprint density at radius 1 is 1.31 bits per heavy atom. The molecule has 0 aliphatic carbocycles. The van der Waals surface area contributed by atoms with Crippen LogP contribution in [-0.2, 0) is 11.2 Å². The van der Waals surface area contributed by atoms with Gasteiger partial charge in [0.25, 0.3) is 0 Å². The molecule has 0 saturated carbocycles. The Morgan fingerprint density at radius 3 is 2.38 bits per heavy atom. The summed E-state index contributed by atoms with van der Waals surface area (Å²) < 4.78 is 0. The van der Waals surface area contributed by atoms with Crippen LogP contribution >= 0.6 is 35.6 Å². The number of benzene rings is 1. The SMILES string of the molecule is Cl.NC(Cc1ccc(Cl)cc1)=NCC(=O)Cl. The lowest BCUT2D eigenvalue weighted by molar-refractivity contribution is -0.110. The van der Waals surface area contributed by atoms with Gasteiger partial charge in [-0.05, 0) is 29.3 Å². The van der Waals surface area contributed by atoms with Gasteiger partial charge in [-0.15, -0.1) is 12.4 Å². The summed E-state index contributed by atoms with van der Waals surface area (Å²) in [4.78, 5) is 14.3. The summed E-state index contributed by atoms with van der Waals surface area (Å²) in [6.45, 7) is -0.0824. The van der Waals surface area contributed by atoms with E-state index in [1.807, 2.05) is 12.1 Å². The van der Waals surface area contributed by atoms with E-state index in [2.05, 4.69) is 4.99 Å². The zero-order valence-corrected chi connectivity index (χ0v) is 10.6. The van der Waals surface area contributed by atoms with E-state index in [0.29, 0.717) is 17.3 Å². The molecule has 88 valence electrons. The van der Waals surface area contributed by atoms with Crippen molar-refractivity contribution in [2.45, 2.75) is 6.42 Å². The van der Waals surface area contributed by atoms with Crippen molar-refractivity contribution in [3.63, 3.8) is 0 Å². The normalized spacial score (nSPS) is 10.8. The molecule has 0 aliphatic heterocycles. The summed E-state index contributed by atoms with van der Waals surface area (Å²) in [5.74, 6) is 0.381. The van der Waals surface area contributed by atoms with Gasteiger partial charge in [0.2, 0.25) is 5.24 Å². The van der Waals surface area contributed by atoms with Gasteiger partial charge in [-0.2, -0.15) is 0 Å². The molecular formula is C10H11Cl3N2O. The minimum absolute atomic E-state index is 0. The molecule has 0 fully saturated rings. The standard InChI is InChI=1S/C10H10Cl2N2O.ClH/c11-8-3-1-7(2-4-8)5-10(13)14-6-9(12)15;/h1-4H,5-6H2,(H2,13,14);1H. The van der Waals surface area contributed by atoms with Crippen LogP contribution in [-0.4, -0.2) is 17.6 Å². The minimum atomic E-state index is -0.519. The van der Waals surface area contributed by atoms with Crippen LogP contribution in [0.25, 0.3) is 0 Å². The number of hydrogen-bond acceptors (Lipinski definition) is 2. The number of nitrogens with zero attached hydrogens (tertiary/aromatic N) is 1. The Morgan fingerprint density at radius 2 is 1.88 bits per heavy atom. The highest BCUT2D eigenvalue weighted by Gasteiger charge is 1.98. The van der Waals surface area contributed by atoms with Crippen LogP contribution in [0.15, 0.2) is 29.3 Å². The summed E-state index contributed by atoms with van der Waals surface area (Å²) in [6.07, 6.45) is 0.487. The maximum atomic E-state index is 10.4. The van der Waals surface area contributed by atoms with Crippen molar-refractivity contribution in [2.75, 3.05) is 6.54 Å². The van der Waals surface area contributed by atoms with Crippen LogP contribution in [0.5, 0.6) is 0 Å². The zero-order chi connectivity index (χ0) is 11.3. The smallest absolute Gasteiger partial charge is 0.243 e. The highest BCUT2D eigenvalue weighted by Crippen LogP contribution is 2.09. The third-order valence-corrected chi connectivity index (χ3v) is 2.08. The minimum Gasteiger partial charge on any atom is -0.387 e. The van der Waals surface area contributed by atoms with Crippen LogP contribution in [0.2, 0.25) is 5.02 Å². The molecule has 0 atom stereocenters. The predicted octanol–water partition coefficient (Wildman–Crippen LogP) is 2.43. The van der Waals surface area contributed by atoms with Crippen molar-refractivity contribution >= 4 is 46.7 Å². The van der Waals surface area contributed by atoms with Gasteiger partial charge in [0.05, 0.1) is 5.84 Å². The molecule has 16 heavy (non-hydrogen) atoms. The summed E-state index contributed by atoms with van der Waals surface area (Å²) >= 11 is 10.9. The number of aliphatic imine (C=N–C) groups is 1. The fourth-order valence-corrected chi connectivity index (χ4v) is 1.22. The number of halogens is 3. The summed E-state index contributed by atoms with van der Waals surface area (Å²) in [7, 11) is 0. The highest BCUT2D eigenvalue weighted by molar-refractivity contribution is 6.64. The van der Waals surface area contributed by atoms with Crippen molar-refractivity contribution in [1.29, 1.82) is 0 Å². The molecule has 6 heteroatoms. The number of amidine groups is 1. The molecule has 0 unspecified atom stereocenters. The van der Waals surface area contributed by atoms with Crippen LogP contribution in [0.4, 0.5) is 0 Å². The third-order valence-electron chi connectivity index (χ3n) is 1.70. The second-order valence-corrected chi connectivity index (χ2v) is 3.82. The van der Waals surface area contributed by atoms with Crippen LogP contribution in [0.1, 0.15) is 5.56 Å². The monoisotopic (exact) mass is 280 g/mol. The topological polar surface area (TPSA) is 55.4 Å². The Balaban J connectivity index is 0.00000225. The highest BCUT2D eigenvalue weighted by atomic mass is 35.5. The van der Waals surface area contributed by atoms with E-state index < -0.39 is 5.24 Å². The Labute approximate surface area is 110 Å². The van der Waals surface area contributed by atoms with E-state index >= 15 is 0 Å². The summed E-state index contributed by atoms with van der Waals surface area (Å²) in [5, 5.41) is 0.152. The molecule has 0 amide bonds. The van der Waals surface area contributed by atoms with Gasteiger partial charge in [0.1, 0.15) is 6.54 Å². The summed E-state index contributed by atoms with van der Waals surface area (Å²) in [6, 6.07) is 7.26. The molecular weight excluding hydrogens is 270 g/mol. The zero-order valence-electron chi connectivity index (χ0n) is 8.32. The maximum Gasteiger partial charge on any atom is 0.243 e. The first-order valence-corrected chi connectivity index (χ1v) is 5.05. The predicted molar refractivity (Wildman–Crippen MR) is 69.8 cm³/mol. The fraction of sp³-hybridized carbons (Fsp3) is 0.200. The molecule has 1 aromatic carbocycles. The van der Waals surface area contributed by atoms with Gasteiger partial charge in [0, 0.05) is 11.4 Å². The van der Waals surface area contributed by atoms with E-state index in [9.17, 15) is 4.79 Å². The van der Waals surface area contributed by atoms with Gasteiger partial charge >= 0.3 is 0 Å². The first kappa shape index (κ1) is 15.2. The molecule has 0 aromatic heterocycles. The lowest BCUT2D eigenvalue weighted by Crippen LogP contribution is -2.16. The van der Waals surface area contributed by atoms with Crippen molar-refractivity contribution in [3.8, 4) is 0 Å². The maximum absolute atomic E-state index is 10.4. The van der Waals surface area contributed by atoms with Crippen LogP contribution in [0.3, 0.4) is 0 Å². The lowest BCUT2D eigenvalue weighted by atomic mass is 10.1. The Bertz CT molecular complexity index is 376. The molecule has 0 aliphatic rings. The number of carbonyl (C=O) groups is 1. The van der Waals surface area contributed by atoms with Crippen LogP contribution in [0, 0.1) is 0 Å². The molecule has 0 heterocycles. The van der Waals surface area contributed by atoms with E-state index in [4.69, 9.17) is 28.9 Å². The molecule has 0 bridgehead atoms. The lowest BCUT2D eigenvalue weighted by Gasteiger charge is -2.00. The van der Waals surface area contributed by atoms with E-state index in [-0.39, 0.29) is 19.0 Å². The molecule has 1 aromatic rings. The molecule has 0 radical (unpaired) electrons. The molecule has 3 nitrogen and oxygen atoms in total. The first-order chi connectivity index (χ1) is 7.08. The van der Waals surface area contributed by atoms with Crippen molar-refractivity contribution in [3.05, 3.63) is 34.9 Å². The molecule has 1 rings (SSSR count). The van der Waals surface area contributed by atoms with Crippen molar-refractivity contribution in [1.82, 2.24) is 0 Å². The average Bonchev–Trinajstić information content (AvgIpc) is 2.19. The largest absolute Gasteiger partial charge is 0.387 e. The van der Waals surface area contributed by atoms with Gasteiger partial charge in [0.15, 0.2) is 0 Å². The third kappa shape index (κ3) is 5.95. The number of carbonyl (C=O) groups excluding carboxylic acids is 1. The van der Waals surface area contributed by atoms with E-state index in [1.165, 1.54) is 0 Å². The Hall–Kier alpha value is -0.770. The van der Waals surface area contributed by atoms with E-state index in [0.717, 1.165) is 5.56 Å². The van der Waals surface area contributed by atoms with Gasteiger partial charge in [-0.3, -0.25) is 9.79 Å². The average molecular weight is 282 g/mol. The summed E-state index contributed by atoms with van der Waals surface area (Å²) in [5.41, 5.74) is 6.59. The van der Waals surface area contributed by atoms with E-state index in [1.54, 1.807) is 12.1 Å².